The maximum atomic E-state index is 12.7. The van der Waals surface area contributed by atoms with E-state index in [0.29, 0.717) is 36.3 Å². The summed E-state index contributed by atoms with van der Waals surface area (Å²) in [6, 6.07) is 16.7. The van der Waals surface area contributed by atoms with Crippen molar-refractivity contribution in [3.8, 4) is 10.4 Å². The maximum Gasteiger partial charge on any atom is 0.413 e. The van der Waals surface area contributed by atoms with Gasteiger partial charge in [0.2, 0.25) is 0 Å². The van der Waals surface area contributed by atoms with Crippen LogP contribution in [0.1, 0.15) is 29.8 Å². The van der Waals surface area contributed by atoms with Crippen molar-refractivity contribution in [1.29, 1.82) is 0 Å². The Morgan fingerprint density at radius 1 is 1.16 bits per heavy atom. The number of anilines is 2. The van der Waals surface area contributed by atoms with Gasteiger partial charge in [0, 0.05) is 15.9 Å². The third-order valence-corrected chi connectivity index (χ3v) is 7.77. The van der Waals surface area contributed by atoms with Crippen LogP contribution in [0.15, 0.2) is 60.0 Å². The number of carbonyl (C=O) groups is 1. The lowest BCUT2D eigenvalue weighted by atomic mass is 9.97. The molecule has 1 aromatic heterocycles. The standard InChI is InChI=1S/C23H25N2O4PS/c1-23(2)14-28-30(27,29-15-23)13-16-5-7-17(8-6-16)22(26)25-20-12-18(9-10-19(20)24)21-4-3-11-31-21/h3-12,27H,13-15,24H2,1-2H3/p+1. The number of benzene rings is 2. The van der Waals surface area contributed by atoms with Gasteiger partial charge in [-0.2, -0.15) is 13.9 Å². The van der Waals surface area contributed by atoms with E-state index in [-0.39, 0.29) is 11.3 Å². The van der Waals surface area contributed by atoms with Gasteiger partial charge in [0.15, 0.2) is 6.16 Å². The van der Waals surface area contributed by atoms with Gasteiger partial charge < -0.3 is 11.1 Å². The molecule has 3 aromatic rings. The van der Waals surface area contributed by atoms with Crippen LogP contribution in [-0.4, -0.2) is 24.0 Å². The van der Waals surface area contributed by atoms with Crippen LogP contribution in [-0.2, 0) is 15.2 Å². The molecule has 1 amide bonds. The molecule has 2 aromatic carbocycles. The molecule has 162 valence electrons. The first-order valence-electron chi connectivity index (χ1n) is 9.97. The van der Waals surface area contributed by atoms with Crippen molar-refractivity contribution in [3.63, 3.8) is 0 Å². The van der Waals surface area contributed by atoms with E-state index in [1.54, 1.807) is 29.5 Å². The summed E-state index contributed by atoms with van der Waals surface area (Å²) in [6.45, 7) is 4.99. The van der Waals surface area contributed by atoms with Crippen molar-refractivity contribution in [1.82, 2.24) is 0 Å². The van der Waals surface area contributed by atoms with Crippen LogP contribution in [0.5, 0.6) is 0 Å². The minimum atomic E-state index is -2.91. The summed E-state index contributed by atoms with van der Waals surface area (Å²) in [5.74, 6) is -0.248. The molecule has 4 rings (SSSR count). The molecule has 0 aliphatic carbocycles. The average Bonchev–Trinajstić information content (AvgIpc) is 3.28. The number of hydrogen-bond donors (Lipinski definition) is 3. The summed E-state index contributed by atoms with van der Waals surface area (Å²) in [4.78, 5) is 24.5. The van der Waals surface area contributed by atoms with Crippen molar-refractivity contribution in [2.45, 2.75) is 20.0 Å². The molecule has 6 nitrogen and oxygen atoms in total. The molecule has 0 bridgehead atoms. The van der Waals surface area contributed by atoms with E-state index in [9.17, 15) is 9.69 Å². The lowest BCUT2D eigenvalue weighted by Crippen LogP contribution is -2.31. The summed E-state index contributed by atoms with van der Waals surface area (Å²) in [7, 11) is -2.91. The Labute approximate surface area is 186 Å². The average molecular weight is 458 g/mol. The zero-order valence-corrected chi connectivity index (χ0v) is 19.2. The number of nitrogen functional groups attached to an aromatic ring is 1. The summed E-state index contributed by atoms with van der Waals surface area (Å²) < 4.78 is 11.3. The number of rotatable bonds is 5. The molecular formula is C23H26N2O4PS+. The van der Waals surface area contributed by atoms with Crippen LogP contribution in [0.2, 0.25) is 0 Å². The zero-order valence-electron chi connectivity index (χ0n) is 17.5. The van der Waals surface area contributed by atoms with E-state index in [1.165, 1.54) is 0 Å². The predicted molar refractivity (Wildman–Crippen MR) is 127 cm³/mol. The van der Waals surface area contributed by atoms with E-state index in [4.69, 9.17) is 14.8 Å². The Morgan fingerprint density at radius 3 is 2.52 bits per heavy atom. The quantitative estimate of drug-likeness (QED) is 0.344. The number of nitrogens with one attached hydrogen (secondary N) is 1. The van der Waals surface area contributed by atoms with Crippen LogP contribution in [0, 0.1) is 5.41 Å². The fourth-order valence-corrected chi connectivity index (χ4v) is 5.92. The Bertz CT molecular complexity index is 1060. The molecule has 2 heterocycles. The highest BCUT2D eigenvalue weighted by atomic mass is 32.1. The van der Waals surface area contributed by atoms with E-state index in [0.717, 1.165) is 16.0 Å². The smallest absolute Gasteiger partial charge is 0.397 e. The summed E-state index contributed by atoms with van der Waals surface area (Å²) in [5.41, 5.74) is 9.41. The number of hydrogen-bond acceptors (Lipinski definition) is 6. The van der Waals surface area contributed by atoms with Crippen molar-refractivity contribution in [3.05, 3.63) is 71.1 Å². The highest BCUT2D eigenvalue weighted by molar-refractivity contribution is 7.59. The highest BCUT2D eigenvalue weighted by Gasteiger charge is 2.48. The number of nitrogens with two attached hydrogens (primary N) is 1. The van der Waals surface area contributed by atoms with E-state index < -0.39 is 7.94 Å². The van der Waals surface area contributed by atoms with E-state index in [1.807, 2.05) is 55.6 Å². The van der Waals surface area contributed by atoms with Crippen molar-refractivity contribution in [2.24, 2.45) is 5.41 Å². The first-order valence-corrected chi connectivity index (χ1v) is 12.6. The zero-order chi connectivity index (χ0) is 22.1. The van der Waals surface area contributed by atoms with Gasteiger partial charge in [0.25, 0.3) is 5.91 Å². The molecule has 1 saturated heterocycles. The second kappa shape index (κ2) is 8.69. The topological polar surface area (TPSA) is 93.8 Å². The Morgan fingerprint density at radius 2 is 1.87 bits per heavy atom. The monoisotopic (exact) mass is 457 g/mol. The largest absolute Gasteiger partial charge is 0.413 e. The van der Waals surface area contributed by atoms with E-state index >= 15 is 0 Å². The lowest BCUT2D eigenvalue weighted by molar-refractivity contribution is 0.0249. The van der Waals surface area contributed by atoms with Crippen molar-refractivity contribution in [2.75, 3.05) is 24.3 Å². The highest BCUT2D eigenvalue weighted by Crippen LogP contribution is 2.63. The first-order chi connectivity index (χ1) is 14.7. The summed E-state index contributed by atoms with van der Waals surface area (Å²) in [6.07, 6.45) is 0.292. The van der Waals surface area contributed by atoms with Crippen LogP contribution >= 0.6 is 19.3 Å². The van der Waals surface area contributed by atoms with Crippen molar-refractivity contribution >= 4 is 36.6 Å². The fraction of sp³-hybridized carbons (Fsp3) is 0.261. The lowest BCUT2D eigenvalue weighted by Gasteiger charge is -2.31. The number of amides is 1. The number of thiophene rings is 1. The van der Waals surface area contributed by atoms with Crippen LogP contribution in [0.4, 0.5) is 11.4 Å². The minimum Gasteiger partial charge on any atom is -0.397 e. The van der Waals surface area contributed by atoms with Crippen LogP contribution in [0.25, 0.3) is 10.4 Å². The molecule has 1 fully saturated rings. The Kier molecular flexibility index (Phi) is 6.15. The number of carbonyl (C=O) groups excluding carboxylic acids is 1. The molecule has 0 spiro atoms. The third kappa shape index (κ3) is 5.32. The molecule has 0 radical (unpaired) electrons. The maximum absolute atomic E-state index is 12.7. The molecule has 4 N–H and O–H groups in total. The van der Waals surface area contributed by atoms with Gasteiger partial charge in [-0.25, -0.2) is 0 Å². The van der Waals surface area contributed by atoms with Gasteiger partial charge in [0.1, 0.15) is 13.2 Å². The van der Waals surface area contributed by atoms with Gasteiger partial charge >= 0.3 is 7.94 Å². The normalized spacial score (nSPS) is 17.3. The fourth-order valence-electron chi connectivity index (χ4n) is 3.17. The van der Waals surface area contributed by atoms with Gasteiger partial charge in [-0.05, 0) is 46.8 Å². The second-order valence-electron chi connectivity index (χ2n) is 8.44. The first kappa shape index (κ1) is 21.9. The van der Waals surface area contributed by atoms with Gasteiger partial charge in [-0.15, -0.1) is 11.3 Å². The van der Waals surface area contributed by atoms with Gasteiger partial charge in [-0.1, -0.05) is 38.1 Å². The molecule has 0 atom stereocenters. The van der Waals surface area contributed by atoms with E-state index in [2.05, 4.69) is 5.32 Å². The Balaban J connectivity index is 1.43. The SMILES string of the molecule is CC1(C)CO[P+](O)(Cc2ccc(C(=O)Nc3cc(-c4cccs4)ccc3N)cc2)OC1. The third-order valence-electron chi connectivity index (χ3n) is 5.02. The predicted octanol–water partition coefficient (Wildman–Crippen LogP) is 5.58. The van der Waals surface area contributed by atoms with Gasteiger partial charge in [-0.3, -0.25) is 4.79 Å². The molecule has 0 saturated carbocycles. The van der Waals surface area contributed by atoms with Crippen molar-refractivity contribution < 1.29 is 18.7 Å². The second-order valence-corrected chi connectivity index (χ2v) is 11.5. The molecule has 31 heavy (non-hydrogen) atoms. The Hall–Kier alpha value is -2.28. The summed E-state index contributed by atoms with van der Waals surface area (Å²) in [5, 5.41) is 4.90. The van der Waals surface area contributed by atoms with Crippen LogP contribution in [0.3, 0.4) is 0 Å². The molecule has 1 aliphatic rings. The molecule has 1 aliphatic heterocycles. The molecular weight excluding hydrogens is 431 g/mol. The molecule has 0 unspecified atom stereocenters. The van der Waals surface area contributed by atoms with Gasteiger partial charge in [0.05, 0.1) is 11.4 Å². The molecule has 8 heteroatoms. The minimum absolute atomic E-state index is 0.100. The van der Waals surface area contributed by atoms with Crippen LogP contribution < -0.4 is 11.1 Å². The summed E-state index contributed by atoms with van der Waals surface area (Å²) >= 11 is 1.63.